The third-order valence-electron chi connectivity index (χ3n) is 2.68. The van der Waals surface area contributed by atoms with Crippen LogP contribution in [0.1, 0.15) is 16.3 Å². The molecule has 0 saturated carbocycles. The molecule has 0 aromatic carbocycles. The van der Waals surface area contributed by atoms with Crippen molar-refractivity contribution in [3.63, 3.8) is 0 Å². The SMILES string of the molecule is Cc1ncsc1CN(C)c1ccc(CN)nc1. The van der Waals surface area contributed by atoms with Gasteiger partial charge in [-0.2, -0.15) is 0 Å². The molecule has 4 nitrogen and oxygen atoms in total. The van der Waals surface area contributed by atoms with E-state index in [0.29, 0.717) is 6.54 Å². The molecule has 2 aromatic heterocycles. The Kier molecular flexibility index (Phi) is 3.71. The predicted octanol–water partition coefficient (Wildman–Crippen LogP) is 1.94. The number of nitrogens with two attached hydrogens (primary N) is 1. The van der Waals surface area contributed by atoms with Crippen LogP contribution in [0.15, 0.2) is 23.8 Å². The molecule has 0 aliphatic heterocycles. The monoisotopic (exact) mass is 248 g/mol. The quantitative estimate of drug-likeness (QED) is 0.898. The highest BCUT2D eigenvalue weighted by atomic mass is 32.1. The summed E-state index contributed by atoms with van der Waals surface area (Å²) in [5, 5.41) is 0. The molecule has 2 N–H and O–H groups in total. The maximum atomic E-state index is 5.52. The average molecular weight is 248 g/mol. The van der Waals surface area contributed by atoms with Gasteiger partial charge in [0.15, 0.2) is 0 Å². The fourth-order valence-electron chi connectivity index (χ4n) is 1.55. The van der Waals surface area contributed by atoms with Crippen molar-refractivity contribution < 1.29 is 0 Å². The first-order valence-electron chi connectivity index (χ1n) is 5.46. The molecule has 90 valence electrons. The lowest BCUT2D eigenvalue weighted by Crippen LogP contribution is -2.16. The van der Waals surface area contributed by atoms with Gasteiger partial charge >= 0.3 is 0 Å². The van der Waals surface area contributed by atoms with E-state index in [1.54, 1.807) is 11.3 Å². The van der Waals surface area contributed by atoms with Crippen molar-refractivity contribution in [1.29, 1.82) is 0 Å². The van der Waals surface area contributed by atoms with Crippen LogP contribution in [0.3, 0.4) is 0 Å². The lowest BCUT2D eigenvalue weighted by molar-refractivity contribution is 0.911. The van der Waals surface area contributed by atoms with Gasteiger partial charge in [0.2, 0.25) is 0 Å². The summed E-state index contributed by atoms with van der Waals surface area (Å²) < 4.78 is 0. The van der Waals surface area contributed by atoms with Crippen molar-refractivity contribution >= 4 is 17.0 Å². The smallest absolute Gasteiger partial charge is 0.0798 e. The highest BCUT2D eigenvalue weighted by molar-refractivity contribution is 7.09. The largest absolute Gasteiger partial charge is 0.368 e. The summed E-state index contributed by atoms with van der Waals surface area (Å²) in [5.41, 5.74) is 10.5. The van der Waals surface area contributed by atoms with E-state index in [0.717, 1.165) is 23.6 Å². The van der Waals surface area contributed by atoms with Crippen LogP contribution >= 0.6 is 11.3 Å². The molecule has 5 heteroatoms. The number of hydrogen-bond donors (Lipinski definition) is 1. The fraction of sp³-hybridized carbons (Fsp3) is 0.333. The second-order valence-corrected chi connectivity index (χ2v) is 4.87. The topological polar surface area (TPSA) is 55.0 Å². The van der Waals surface area contributed by atoms with E-state index in [4.69, 9.17) is 5.73 Å². The van der Waals surface area contributed by atoms with Crippen molar-refractivity contribution in [2.24, 2.45) is 5.73 Å². The number of thiazole rings is 1. The number of anilines is 1. The standard InChI is InChI=1S/C12H16N4S/c1-9-12(17-8-15-9)7-16(2)11-4-3-10(5-13)14-6-11/h3-4,6,8H,5,7,13H2,1-2H3. The second kappa shape index (κ2) is 5.25. The molecule has 2 heterocycles. The molecular weight excluding hydrogens is 232 g/mol. The molecular formula is C12H16N4S. The van der Waals surface area contributed by atoms with Gasteiger partial charge in [-0.15, -0.1) is 11.3 Å². The zero-order valence-corrected chi connectivity index (χ0v) is 10.9. The Morgan fingerprint density at radius 3 is 2.71 bits per heavy atom. The molecule has 0 unspecified atom stereocenters. The third-order valence-corrected chi connectivity index (χ3v) is 3.60. The molecule has 0 radical (unpaired) electrons. The first-order chi connectivity index (χ1) is 8.20. The number of hydrogen-bond acceptors (Lipinski definition) is 5. The number of aryl methyl sites for hydroxylation is 1. The van der Waals surface area contributed by atoms with E-state index in [2.05, 4.69) is 21.9 Å². The van der Waals surface area contributed by atoms with Crippen molar-refractivity contribution in [3.8, 4) is 0 Å². The Bertz CT molecular complexity index is 478. The van der Waals surface area contributed by atoms with Crippen LogP contribution in [-0.2, 0) is 13.1 Å². The van der Waals surface area contributed by atoms with Crippen LogP contribution < -0.4 is 10.6 Å². The maximum Gasteiger partial charge on any atom is 0.0798 e. The minimum absolute atomic E-state index is 0.484. The number of aromatic nitrogens is 2. The van der Waals surface area contributed by atoms with Gasteiger partial charge in [-0.05, 0) is 19.1 Å². The van der Waals surface area contributed by atoms with Gasteiger partial charge in [0, 0.05) is 18.5 Å². The first-order valence-corrected chi connectivity index (χ1v) is 6.33. The second-order valence-electron chi connectivity index (χ2n) is 3.93. The van der Waals surface area contributed by atoms with Crippen LogP contribution in [0, 0.1) is 6.92 Å². The van der Waals surface area contributed by atoms with Crippen molar-refractivity contribution in [1.82, 2.24) is 9.97 Å². The molecule has 0 aliphatic rings. The number of nitrogens with zero attached hydrogens (tertiary/aromatic N) is 3. The lowest BCUT2D eigenvalue weighted by atomic mass is 10.3. The van der Waals surface area contributed by atoms with Crippen molar-refractivity contribution in [2.45, 2.75) is 20.0 Å². The molecule has 0 bridgehead atoms. The highest BCUT2D eigenvalue weighted by Crippen LogP contribution is 2.19. The summed E-state index contributed by atoms with van der Waals surface area (Å²) in [6.45, 7) is 3.38. The van der Waals surface area contributed by atoms with Crippen LogP contribution in [0.5, 0.6) is 0 Å². The van der Waals surface area contributed by atoms with Crippen molar-refractivity contribution in [3.05, 3.63) is 40.1 Å². The third kappa shape index (κ3) is 2.81. The number of pyridine rings is 1. The Balaban J connectivity index is 2.09. The first kappa shape index (κ1) is 12.0. The zero-order valence-electron chi connectivity index (χ0n) is 10.1. The molecule has 0 aliphatic carbocycles. The van der Waals surface area contributed by atoms with Gasteiger partial charge in [-0.25, -0.2) is 4.98 Å². The van der Waals surface area contributed by atoms with E-state index < -0.39 is 0 Å². The van der Waals surface area contributed by atoms with Crippen molar-refractivity contribution in [2.75, 3.05) is 11.9 Å². The molecule has 0 atom stereocenters. The van der Waals surface area contributed by atoms with Gasteiger partial charge in [0.05, 0.1) is 35.3 Å². The molecule has 0 amide bonds. The normalized spacial score (nSPS) is 10.5. The fourth-order valence-corrected chi connectivity index (χ4v) is 2.38. The van der Waals surface area contributed by atoms with Crippen LogP contribution in [0.4, 0.5) is 5.69 Å². The van der Waals surface area contributed by atoms with Gasteiger partial charge in [-0.1, -0.05) is 0 Å². The summed E-state index contributed by atoms with van der Waals surface area (Å²) in [5.74, 6) is 0. The minimum Gasteiger partial charge on any atom is -0.368 e. The van der Waals surface area contributed by atoms with E-state index in [-0.39, 0.29) is 0 Å². The highest BCUT2D eigenvalue weighted by Gasteiger charge is 2.06. The summed E-state index contributed by atoms with van der Waals surface area (Å²) in [6, 6.07) is 4.01. The van der Waals surface area contributed by atoms with Gasteiger partial charge in [0.25, 0.3) is 0 Å². The van der Waals surface area contributed by atoms with E-state index >= 15 is 0 Å². The predicted molar refractivity (Wildman–Crippen MR) is 71.1 cm³/mol. The molecule has 2 rings (SSSR count). The summed E-state index contributed by atoms with van der Waals surface area (Å²) >= 11 is 1.69. The van der Waals surface area contributed by atoms with E-state index in [1.807, 2.05) is 30.8 Å². The van der Waals surface area contributed by atoms with E-state index in [9.17, 15) is 0 Å². The van der Waals surface area contributed by atoms with Gasteiger partial charge in [0.1, 0.15) is 0 Å². The molecule has 0 saturated heterocycles. The lowest BCUT2D eigenvalue weighted by Gasteiger charge is -2.18. The Labute approximate surface area is 105 Å². The van der Waals surface area contributed by atoms with Gasteiger partial charge in [-0.3, -0.25) is 4.98 Å². The Hall–Kier alpha value is -1.46. The van der Waals surface area contributed by atoms with Crippen LogP contribution in [0.25, 0.3) is 0 Å². The minimum atomic E-state index is 0.484. The maximum absolute atomic E-state index is 5.52. The Morgan fingerprint density at radius 1 is 1.35 bits per heavy atom. The zero-order chi connectivity index (χ0) is 12.3. The van der Waals surface area contributed by atoms with Gasteiger partial charge < -0.3 is 10.6 Å². The summed E-state index contributed by atoms with van der Waals surface area (Å²) in [4.78, 5) is 12.0. The molecule has 0 spiro atoms. The van der Waals surface area contributed by atoms with Crippen LogP contribution in [-0.4, -0.2) is 17.0 Å². The van der Waals surface area contributed by atoms with Crippen LogP contribution in [0.2, 0.25) is 0 Å². The molecule has 0 fully saturated rings. The Morgan fingerprint density at radius 2 is 2.18 bits per heavy atom. The van der Waals surface area contributed by atoms with E-state index in [1.165, 1.54) is 4.88 Å². The average Bonchev–Trinajstić information content (AvgIpc) is 2.75. The number of rotatable bonds is 4. The summed E-state index contributed by atoms with van der Waals surface area (Å²) in [6.07, 6.45) is 1.86. The molecule has 17 heavy (non-hydrogen) atoms. The summed E-state index contributed by atoms with van der Waals surface area (Å²) in [7, 11) is 2.05. The molecule has 2 aromatic rings.